The summed E-state index contributed by atoms with van der Waals surface area (Å²) in [5.74, 6) is 0.236. The minimum absolute atomic E-state index is 0.0332. The monoisotopic (exact) mass is 433 g/mol. The highest BCUT2D eigenvalue weighted by molar-refractivity contribution is 6.01. The fourth-order valence-electron chi connectivity index (χ4n) is 4.51. The predicted octanol–water partition coefficient (Wildman–Crippen LogP) is 5.30. The molecule has 4 rings (SSSR count). The first-order valence-electron chi connectivity index (χ1n) is 11.1. The Kier molecular flexibility index (Phi) is 6.78. The lowest BCUT2D eigenvalue weighted by atomic mass is 9.87. The molecule has 6 heteroatoms. The van der Waals surface area contributed by atoms with Crippen LogP contribution in [-0.2, 0) is 0 Å². The summed E-state index contributed by atoms with van der Waals surface area (Å²) in [6, 6.07) is 14.6. The van der Waals surface area contributed by atoms with Crippen molar-refractivity contribution in [3.8, 4) is 17.1 Å². The number of amides is 1. The van der Waals surface area contributed by atoms with E-state index in [0.29, 0.717) is 18.1 Å². The van der Waals surface area contributed by atoms with Crippen LogP contribution in [0.5, 0.6) is 5.88 Å². The van der Waals surface area contributed by atoms with Crippen LogP contribution in [0.4, 0.5) is 4.39 Å². The van der Waals surface area contributed by atoms with Crippen molar-refractivity contribution < 1.29 is 13.9 Å². The van der Waals surface area contributed by atoms with Crippen molar-refractivity contribution in [2.45, 2.75) is 39.2 Å². The molecule has 32 heavy (non-hydrogen) atoms. The number of carbonyl (C=O) groups excluding carboxylic acids is 1. The summed E-state index contributed by atoms with van der Waals surface area (Å²) in [5.41, 5.74) is 3.37. The Morgan fingerprint density at radius 2 is 2.06 bits per heavy atom. The van der Waals surface area contributed by atoms with Gasteiger partial charge in [-0.1, -0.05) is 30.7 Å². The van der Waals surface area contributed by atoms with Gasteiger partial charge in [-0.2, -0.15) is 0 Å². The van der Waals surface area contributed by atoms with E-state index in [1.165, 1.54) is 12.1 Å². The van der Waals surface area contributed by atoms with Crippen molar-refractivity contribution in [2.24, 2.45) is 5.92 Å². The second-order valence-electron chi connectivity index (χ2n) is 8.27. The number of hydrogen-bond donors (Lipinski definition) is 0. The number of pyridine rings is 2. The lowest BCUT2D eigenvalue weighted by molar-refractivity contribution is 0.0392. The normalized spacial score (nSPS) is 18.4. The number of ether oxygens (including phenoxy) is 1. The molecule has 166 valence electrons. The predicted molar refractivity (Wildman–Crippen MR) is 122 cm³/mol. The molecule has 0 spiro atoms. The van der Waals surface area contributed by atoms with E-state index in [0.717, 1.165) is 48.8 Å². The number of piperidine rings is 1. The van der Waals surface area contributed by atoms with E-state index in [1.54, 1.807) is 6.20 Å². The number of likely N-dealkylation sites (tertiary alicyclic amines) is 1. The molecule has 0 aliphatic carbocycles. The van der Waals surface area contributed by atoms with Gasteiger partial charge in [0.2, 0.25) is 5.88 Å². The van der Waals surface area contributed by atoms with Crippen LogP contribution in [0.25, 0.3) is 11.3 Å². The maximum atomic E-state index is 13.8. The molecule has 0 N–H and O–H groups in total. The van der Waals surface area contributed by atoms with E-state index in [1.807, 2.05) is 48.2 Å². The molecule has 0 radical (unpaired) electrons. The third-order valence-electron chi connectivity index (χ3n) is 6.09. The van der Waals surface area contributed by atoms with Gasteiger partial charge in [0.25, 0.3) is 5.91 Å². The van der Waals surface area contributed by atoms with Crippen LogP contribution in [0, 0.1) is 18.7 Å². The maximum Gasteiger partial charge on any atom is 0.254 e. The number of halogens is 1. The van der Waals surface area contributed by atoms with Crippen molar-refractivity contribution in [1.29, 1.82) is 0 Å². The van der Waals surface area contributed by atoms with E-state index in [2.05, 4.69) is 16.9 Å². The van der Waals surface area contributed by atoms with Gasteiger partial charge in [0, 0.05) is 41.9 Å². The molecule has 3 aromatic rings. The van der Waals surface area contributed by atoms with Gasteiger partial charge in [0.05, 0.1) is 18.5 Å². The first kappa shape index (κ1) is 21.9. The van der Waals surface area contributed by atoms with Gasteiger partial charge in [-0.3, -0.25) is 9.78 Å². The largest absolute Gasteiger partial charge is 0.477 e. The van der Waals surface area contributed by atoms with Crippen LogP contribution < -0.4 is 4.74 Å². The second kappa shape index (κ2) is 9.90. The zero-order valence-electron chi connectivity index (χ0n) is 18.5. The molecule has 2 aromatic heterocycles. The number of hydrogen-bond acceptors (Lipinski definition) is 4. The standard InChI is InChI=1S/C26H28FN3O2/c1-3-24-19(17-32-25-12-10-20(27)16-29-25)7-6-14-30(24)26(31)22-15-18(2)9-11-21(22)23-8-4-5-13-28-23/h4-5,8-13,15-16,19,24H,3,6-7,14,17H2,1-2H3/t19-,24?/m1/s1. The quantitative estimate of drug-likeness (QED) is 0.529. The molecule has 2 atom stereocenters. The molecular formula is C26H28FN3O2. The summed E-state index contributed by atoms with van der Waals surface area (Å²) in [5, 5.41) is 0. The number of carbonyl (C=O) groups is 1. The number of rotatable bonds is 6. The molecular weight excluding hydrogens is 405 g/mol. The first-order chi connectivity index (χ1) is 15.6. The van der Waals surface area contributed by atoms with Gasteiger partial charge >= 0.3 is 0 Å². The highest BCUT2D eigenvalue weighted by Gasteiger charge is 2.35. The summed E-state index contributed by atoms with van der Waals surface area (Å²) in [4.78, 5) is 24.2. The molecule has 3 heterocycles. The second-order valence-corrected chi connectivity index (χ2v) is 8.27. The van der Waals surface area contributed by atoms with Crippen LogP contribution in [0.2, 0.25) is 0 Å². The van der Waals surface area contributed by atoms with Crippen LogP contribution in [-0.4, -0.2) is 40.0 Å². The number of aryl methyl sites for hydroxylation is 1. The zero-order valence-corrected chi connectivity index (χ0v) is 18.5. The van der Waals surface area contributed by atoms with Gasteiger partial charge < -0.3 is 9.64 Å². The molecule has 0 saturated carbocycles. The minimum atomic E-state index is -0.389. The van der Waals surface area contributed by atoms with Gasteiger partial charge in [-0.25, -0.2) is 9.37 Å². The van der Waals surface area contributed by atoms with E-state index in [4.69, 9.17) is 4.74 Å². The van der Waals surface area contributed by atoms with E-state index in [-0.39, 0.29) is 23.7 Å². The van der Waals surface area contributed by atoms with Crippen molar-refractivity contribution in [2.75, 3.05) is 13.2 Å². The van der Waals surface area contributed by atoms with E-state index in [9.17, 15) is 9.18 Å². The molecule has 5 nitrogen and oxygen atoms in total. The lowest BCUT2D eigenvalue weighted by Gasteiger charge is -2.41. The Bertz CT molecular complexity index is 1060. The number of aromatic nitrogens is 2. The van der Waals surface area contributed by atoms with Crippen molar-refractivity contribution in [3.05, 3.63) is 77.9 Å². The van der Waals surface area contributed by atoms with Crippen LogP contribution >= 0.6 is 0 Å². The van der Waals surface area contributed by atoms with Gasteiger partial charge in [-0.15, -0.1) is 0 Å². The Balaban J connectivity index is 1.56. The maximum absolute atomic E-state index is 13.8. The van der Waals surface area contributed by atoms with Crippen LogP contribution in [0.3, 0.4) is 0 Å². The topological polar surface area (TPSA) is 55.3 Å². The fraction of sp³-hybridized carbons (Fsp3) is 0.346. The molecule has 1 fully saturated rings. The Labute approximate surface area is 188 Å². The molecule has 1 aromatic carbocycles. The summed E-state index contributed by atoms with van der Waals surface area (Å²) in [6.07, 6.45) is 5.62. The molecule has 1 aliphatic rings. The first-order valence-corrected chi connectivity index (χ1v) is 11.1. The molecule has 1 unspecified atom stereocenters. The third kappa shape index (κ3) is 4.79. The molecule has 1 aliphatic heterocycles. The summed E-state index contributed by atoms with van der Waals surface area (Å²) < 4.78 is 19.0. The average Bonchev–Trinajstić information content (AvgIpc) is 2.83. The van der Waals surface area contributed by atoms with Gasteiger partial charge in [0.15, 0.2) is 0 Å². The van der Waals surface area contributed by atoms with E-state index >= 15 is 0 Å². The molecule has 0 bridgehead atoms. The van der Waals surface area contributed by atoms with Crippen molar-refractivity contribution in [3.63, 3.8) is 0 Å². The molecule has 1 amide bonds. The summed E-state index contributed by atoms with van der Waals surface area (Å²) >= 11 is 0. The Hall–Kier alpha value is -3.28. The minimum Gasteiger partial charge on any atom is -0.477 e. The summed E-state index contributed by atoms with van der Waals surface area (Å²) in [6.45, 7) is 5.27. The summed E-state index contributed by atoms with van der Waals surface area (Å²) in [7, 11) is 0. The highest BCUT2D eigenvalue weighted by Crippen LogP contribution is 2.31. The highest BCUT2D eigenvalue weighted by atomic mass is 19.1. The number of benzene rings is 1. The third-order valence-corrected chi connectivity index (χ3v) is 6.09. The van der Waals surface area contributed by atoms with Crippen LogP contribution in [0.1, 0.15) is 42.1 Å². The number of nitrogens with zero attached hydrogens (tertiary/aromatic N) is 3. The fourth-order valence-corrected chi connectivity index (χ4v) is 4.51. The zero-order chi connectivity index (χ0) is 22.5. The van der Waals surface area contributed by atoms with Gasteiger partial charge in [0.1, 0.15) is 5.82 Å². The van der Waals surface area contributed by atoms with Crippen LogP contribution in [0.15, 0.2) is 60.9 Å². The SMILES string of the molecule is CCC1[C@@H](COc2ccc(F)cn2)CCCN1C(=O)c1cc(C)ccc1-c1ccccn1. The van der Waals surface area contributed by atoms with E-state index < -0.39 is 0 Å². The smallest absolute Gasteiger partial charge is 0.254 e. The molecule has 1 saturated heterocycles. The Morgan fingerprint density at radius 3 is 2.78 bits per heavy atom. The lowest BCUT2D eigenvalue weighted by Crippen LogP contribution is -2.49. The van der Waals surface area contributed by atoms with Gasteiger partial charge in [-0.05, 0) is 50.5 Å². The average molecular weight is 434 g/mol. The van der Waals surface area contributed by atoms with Crippen molar-refractivity contribution in [1.82, 2.24) is 14.9 Å². The van der Waals surface area contributed by atoms with Crippen molar-refractivity contribution >= 4 is 5.91 Å². The Morgan fingerprint density at radius 1 is 1.19 bits per heavy atom.